The van der Waals surface area contributed by atoms with Gasteiger partial charge in [0.15, 0.2) is 0 Å². The lowest BCUT2D eigenvalue weighted by atomic mass is 9.83. The van der Waals surface area contributed by atoms with Gasteiger partial charge in [-0.3, -0.25) is 9.63 Å². The molecule has 6 nitrogen and oxygen atoms in total. The summed E-state index contributed by atoms with van der Waals surface area (Å²) >= 11 is 0. The molecule has 0 bridgehead atoms. The molecule has 1 rings (SSSR count). The van der Waals surface area contributed by atoms with Gasteiger partial charge in [0.25, 0.3) is 5.91 Å². The third kappa shape index (κ3) is 4.88. The average molecular weight is 300 g/mol. The van der Waals surface area contributed by atoms with Gasteiger partial charge in [-0.05, 0) is 33.6 Å². The molecular weight excluding hydrogens is 272 g/mol. The molecule has 0 radical (unpaired) electrons. The predicted octanol–water partition coefficient (Wildman–Crippen LogP) is 2.43. The fourth-order valence-electron chi connectivity index (χ4n) is 2.66. The van der Waals surface area contributed by atoms with Crippen LogP contribution in [-0.4, -0.2) is 54.8 Å². The lowest BCUT2D eigenvalue weighted by molar-refractivity contribution is -0.176. The van der Waals surface area contributed by atoms with Crippen LogP contribution in [0.3, 0.4) is 0 Å². The number of nitrogens with zero attached hydrogens (tertiary/aromatic N) is 2. The Balaban J connectivity index is 2.81. The third-order valence-corrected chi connectivity index (χ3v) is 3.81. The minimum Gasteiger partial charge on any atom is -0.444 e. The zero-order chi connectivity index (χ0) is 16.2. The number of ether oxygens (including phenoxy) is 1. The number of hydrogen-bond acceptors (Lipinski definition) is 4. The SMILES string of the molecule is CON(C)C(=O)[C@@H]1CCCC[C@H]1N(C)C(=O)OC(C)(C)C. The summed E-state index contributed by atoms with van der Waals surface area (Å²) in [7, 11) is 4.77. The second-order valence-electron chi connectivity index (χ2n) is 6.57. The van der Waals surface area contributed by atoms with E-state index in [0.29, 0.717) is 0 Å². The Morgan fingerprint density at radius 3 is 2.19 bits per heavy atom. The second kappa shape index (κ2) is 7.11. The van der Waals surface area contributed by atoms with Gasteiger partial charge in [0.1, 0.15) is 5.60 Å². The first-order valence-corrected chi connectivity index (χ1v) is 7.45. The minimum absolute atomic E-state index is 0.0855. The molecule has 0 aromatic carbocycles. The monoisotopic (exact) mass is 300 g/mol. The van der Waals surface area contributed by atoms with Crippen LogP contribution in [0.4, 0.5) is 4.79 Å². The van der Waals surface area contributed by atoms with Crippen molar-refractivity contribution in [2.75, 3.05) is 21.2 Å². The maximum absolute atomic E-state index is 12.4. The average Bonchev–Trinajstić information content (AvgIpc) is 2.43. The van der Waals surface area contributed by atoms with Crippen LogP contribution in [0.1, 0.15) is 46.5 Å². The van der Waals surface area contributed by atoms with Crippen LogP contribution in [0.5, 0.6) is 0 Å². The van der Waals surface area contributed by atoms with Crippen molar-refractivity contribution in [2.24, 2.45) is 5.92 Å². The maximum atomic E-state index is 12.4. The van der Waals surface area contributed by atoms with Crippen molar-refractivity contribution in [3.63, 3.8) is 0 Å². The maximum Gasteiger partial charge on any atom is 0.410 e. The van der Waals surface area contributed by atoms with Crippen molar-refractivity contribution in [1.82, 2.24) is 9.96 Å². The fraction of sp³-hybridized carbons (Fsp3) is 0.867. The molecule has 6 heteroatoms. The number of hydrogen-bond donors (Lipinski definition) is 0. The zero-order valence-corrected chi connectivity index (χ0v) is 14.0. The molecule has 0 unspecified atom stereocenters. The largest absolute Gasteiger partial charge is 0.444 e. The highest BCUT2D eigenvalue weighted by Gasteiger charge is 2.38. The van der Waals surface area contributed by atoms with Gasteiger partial charge in [-0.25, -0.2) is 9.86 Å². The van der Waals surface area contributed by atoms with E-state index in [9.17, 15) is 9.59 Å². The summed E-state index contributed by atoms with van der Waals surface area (Å²) in [5.41, 5.74) is -0.539. The highest BCUT2D eigenvalue weighted by molar-refractivity contribution is 5.79. The van der Waals surface area contributed by atoms with Crippen LogP contribution in [0.25, 0.3) is 0 Å². The number of rotatable bonds is 3. The van der Waals surface area contributed by atoms with Crippen molar-refractivity contribution >= 4 is 12.0 Å². The van der Waals surface area contributed by atoms with Crippen LogP contribution in [0.2, 0.25) is 0 Å². The summed E-state index contributed by atoms with van der Waals surface area (Å²) in [6.07, 6.45) is 3.20. The predicted molar refractivity (Wildman–Crippen MR) is 79.5 cm³/mol. The molecule has 21 heavy (non-hydrogen) atoms. The van der Waals surface area contributed by atoms with E-state index in [0.717, 1.165) is 25.7 Å². The molecule has 0 heterocycles. The summed E-state index contributed by atoms with van der Waals surface area (Å²) in [6, 6.07) is -0.140. The van der Waals surface area contributed by atoms with E-state index in [1.165, 1.54) is 12.2 Å². The summed E-state index contributed by atoms with van der Waals surface area (Å²) in [6.45, 7) is 5.50. The smallest absolute Gasteiger partial charge is 0.410 e. The Bertz CT molecular complexity index is 378. The van der Waals surface area contributed by atoms with Crippen molar-refractivity contribution in [3.05, 3.63) is 0 Å². The first-order chi connectivity index (χ1) is 9.67. The molecular formula is C15H28N2O4. The van der Waals surface area contributed by atoms with Crippen LogP contribution >= 0.6 is 0 Å². The molecule has 1 saturated carbocycles. The molecule has 0 saturated heterocycles. The molecule has 0 N–H and O–H groups in total. The first-order valence-electron chi connectivity index (χ1n) is 7.45. The Labute approximate surface area is 127 Å². The highest BCUT2D eigenvalue weighted by atomic mass is 16.7. The van der Waals surface area contributed by atoms with Crippen LogP contribution in [0.15, 0.2) is 0 Å². The van der Waals surface area contributed by atoms with Gasteiger partial charge >= 0.3 is 6.09 Å². The second-order valence-corrected chi connectivity index (χ2v) is 6.57. The van der Waals surface area contributed by atoms with Crippen molar-refractivity contribution in [2.45, 2.75) is 58.1 Å². The molecule has 1 fully saturated rings. The van der Waals surface area contributed by atoms with E-state index in [-0.39, 0.29) is 24.0 Å². The molecule has 0 aromatic heterocycles. The molecule has 2 atom stereocenters. The van der Waals surface area contributed by atoms with E-state index in [1.807, 2.05) is 20.8 Å². The standard InChI is InChI=1S/C15H28N2O4/c1-15(2,3)21-14(19)16(4)12-10-8-7-9-11(12)13(18)17(5)20-6/h11-12H,7-10H2,1-6H3/t11-,12-/m1/s1. The van der Waals surface area contributed by atoms with Gasteiger partial charge in [-0.15, -0.1) is 0 Å². The molecule has 2 amide bonds. The van der Waals surface area contributed by atoms with E-state index < -0.39 is 5.60 Å². The molecule has 0 aromatic rings. The van der Waals surface area contributed by atoms with Gasteiger partial charge in [0, 0.05) is 20.1 Å². The Hall–Kier alpha value is -1.30. The number of carbonyl (C=O) groups excluding carboxylic acids is 2. The Kier molecular flexibility index (Phi) is 6.01. The molecule has 0 aliphatic heterocycles. The summed E-state index contributed by atoms with van der Waals surface area (Å²) in [4.78, 5) is 31.1. The van der Waals surface area contributed by atoms with Gasteiger partial charge in [0.2, 0.25) is 0 Å². The van der Waals surface area contributed by atoms with Crippen LogP contribution < -0.4 is 0 Å². The van der Waals surface area contributed by atoms with Crippen LogP contribution in [0, 0.1) is 5.92 Å². The fourth-order valence-corrected chi connectivity index (χ4v) is 2.66. The quantitative estimate of drug-likeness (QED) is 0.751. The lowest BCUT2D eigenvalue weighted by Gasteiger charge is -2.38. The van der Waals surface area contributed by atoms with Crippen molar-refractivity contribution in [3.8, 4) is 0 Å². The van der Waals surface area contributed by atoms with E-state index in [1.54, 1.807) is 19.0 Å². The van der Waals surface area contributed by atoms with E-state index >= 15 is 0 Å². The van der Waals surface area contributed by atoms with Gasteiger partial charge in [-0.1, -0.05) is 12.8 Å². The van der Waals surface area contributed by atoms with Crippen molar-refractivity contribution < 1.29 is 19.2 Å². The Morgan fingerprint density at radius 1 is 1.10 bits per heavy atom. The molecule has 0 spiro atoms. The number of carbonyl (C=O) groups is 2. The number of amides is 2. The normalized spacial score (nSPS) is 22.6. The molecule has 1 aliphatic carbocycles. The van der Waals surface area contributed by atoms with Gasteiger partial charge in [-0.2, -0.15) is 0 Å². The summed E-state index contributed by atoms with van der Waals surface area (Å²) in [5.74, 6) is -0.321. The van der Waals surface area contributed by atoms with E-state index in [2.05, 4.69) is 0 Å². The van der Waals surface area contributed by atoms with Crippen LogP contribution in [-0.2, 0) is 14.4 Å². The number of hydroxylamine groups is 2. The topological polar surface area (TPSA) is 59.1 Å². The minimum atomic E-state index is -0.539. The van der Waals surface area contributed by atoms with Crippen molar-refractivity contribution in [1.29, 1.82) is 0 Å². The third-order valence-electron chi connectivity index (χ3n) is 3.81. The summed E-state index contributed by atoms with van der Waals surface area (Å²) < 4.78 is 5.40. The van der Waals surface area contributed by atoms with Gasteiger partial charge < -0.3 is 9.64 Å². The molecule has 122 valence electrons. The van der Waals surface area contributed by atoms with Gasteiger partial charge in [0.05, 0.1) is 13.0 Å². The molecule has 1 aliphatic rings. The Morgan fingerprint density at radius 2 is 1.67 bits per heavy atom. The highest BCUT2D eigenvalue weighted by Crippen LogP contribution is 2.30. The summed E-state index contributed by atoms with van der Waals surface area (Å²) in [5, 5.41) is 1.24. The van der Waals surface area contributed by atoms with E-state index in [4.69, 9.17) is 9.57 Å². The lowest BCUT2D eigenvalue weighted by Crippen LogP contribution is -2.50. The zero-order valence-electron chi connectivity index (χ0n) is 14.0. The first kappa shape index (κ1) is 17.8.